The van der Waals surface area contributed by atoms with Crippen LogP contribution in [0.5, 0.6) is 0 Å². The van der Waals surface area contributed by atoms with E-state index in [0.29, 0.717) is 22.9 Å². The molecule has 1 aromatic carbocycles. The number of rotatable bonds is 2. The van der Waals surface area contributed by atoms with Crippen molar-refractivity contribution in [1.29, 1.82) is 0 Å². The summed E-state index contributed by atoms with van der Waals surface area (Å²) in [4.78, 5) is 13.6. The van der Waals surface area contributed by atoms with E-state index in [4.69, 9.17) is 10.2 Å². The lowest BCUT2D eigenvalue weighted by Gasteiger charge is -2.17. The Labute approximate surface area is 99.6 Å². The van der Waals surface area contributed by atoms with Crippen molar-refractivity contribution in [3.8, 4) is 0 Å². The molecule has 2 aromatic rings. The molecule has 0 saturated carbocycles. The highest BCUT2D eigenvalue weighted by atomic mass is 16.3. The third kappa shape index (κ3) is 2.15. The second-order valence-electron chi connectivity index (χ2n) is 3.83. The van der Waals surface area contributed by atoms with Gasteiger partial charge in [-0.2, -0.15) is 0 Å². The van der Waals surface area contributed by atoms with Crippen molar-refractivity contribution in [2.75, 3.05) is 17.7 Å². The molecule has 0 unspecified atom stereocenters. The van der Waals surface area contributed by atoms with Gasteiger partial charge in [0.2, 0.25) is 0 Å². The summed E-state index contributed by atoms with van der Waals surface area (Å²) in [7, 11) is 1.67. The van der Waals surface area contributed by atoms with Gasteiger partial charge in [-0.05, 0) is 31.2 Å². The fraction of sp³-hybridized carbons (Fsp3) is 0.154. The third-order valence-corrected chi connectivity index (χ3v) is 2.55. The van der Waals surface area contributed by atoms with Crippen molar-refractivity contribution >= 4 is 17.3 Å². The van der Waals surface area contributed by atoms with Gasteiger partial charge < -0.3 is 15.1 Å². The van der Waals surface area contributed by atoms with Gasteiger partial charge in [0.05, 0.1) is 11.4 Å². The minimum absolute atomic E-state index is 0.212. The molecule has 0 aliphatic rings. The fourth-order valence-corrected chi connectivity index (χ4v) is 1.62. The Balaban J connectivity index is 2.29. The lowest BCUT2D eigenvalue weighted by Crippen LogP contribution is -2.26. The monoisotopic (exact) mass is 230 g/mol. The predicted octanol–water partition coefficient (Wildman–Crippen LogP) is 2.45. The maximum absolute atomic E-state index is 12.1. The van der Waals surface area contributed by atoms with E-state index in [0.717, 1.165) is 0 Å². The number of aryl methyl sites for hydroxylation is 1. The van der Waals surface area contributed by atoms with Crippen molar-refractivity contribution in [1.82, 2.24) is 0 Å². The van der Waals surface area contributed by atoms with Gasteiger partial charge in [-0.3, -0.25) is 4.79 Å². The fourth-order valence-electron chi connectivity index (χ4n) is 1.62. The third-order valence-electron chi connectivity index (χ3n) is 2.55. The quantitative estimate of drug-likeness (QED) is 0.806. The number of carbonyl (C=O) groups is 1. The van der Waals surface area contributed by atoms with E-state index >= 15 is 0 Å². The highest BCUT2D eigenvalue weighted by Crippen LogP contribution is 2.23. The summed E-state index contributed by atoms with van der Waals surface area (Å²) in [6.45, 7) is 1.80. The Kier molecular flexibility index (Phi) is 2.87. The van der Waals surface area contributed by atoms with Crippen LogP contribution >= 0.6 is 0 Å². The first kappa shape index (κ1) is 11.3. The van der Waals surface area contributed by atoms with Gasteiger partial charge in [-0.15, -0.1) is 0 Å². The van der Waals surface area contributed by atoms with E-state index in [1.807, 2.05) is 12.1 Å². The Bertz CT molecular complexity index is 546. The molecule has 1 heterocycles. The summed E-state index contributed by atoms with van der Waals surface area (Å²) < 4.78 is 5.30. The summed E-state index contributed by atoms with van der Waals surface area (Å²) in [5.41, 5.74) is 7.05. The number of nitrogen functional groups attached to an aromatic ring is 1. The van der Waals surface area contributed by atoms with Crippen LogP contribution < -0.4 is 10.6 Å². The number of para-hydroxylation sites is 2. The molecule has 0 radical (unpaired) electrons. The van der Waals surface area contributed by atoms with Crippen LogP contribution in [-0.4, -0.2) is 13.0 Å². The molecule has 0 bridgehead atoms. The number of hydrogen-bond donors (Lipinski definition) is 1. The topological polar surface area (TPSA) is 59.5 Å². The molecule has 4 heteroatoms. The molecule has 0 spiro atoms. The molecule has 1 amide bonds. The van der Waals surface area contributed by atoms with Crippen LogP contribution in [0.2, 0.25) is 0 Å². The van der Waals surface area contributed by atoms with E-state index in [9.17, 15) is 4.79 Å². The molecule has 0 atom stereocenters. The van der Waals surface area contributed by atoms with E-state index in [1.165, 1.54) is 4.90 Å². The average molecular weight is 230 g/mol. The van der Waals surface area contributed by atoms with Gasteiger partial charge in [0.25, 0.3) is 5.91 Å². The number of carbonyl (C=O) groups excluding carboxylic acids is 1. The number of nitrogens with two attached hydrogens (primary N) is 1. The Morgan fingerprint density at radius 3 is 2.53 bits per heavy atom. The number of hydrogen-bond acceptors (Lipinski definition) is 3. The molecule has 0 aliphatic heterocycles. The van der Waals surface area contributed by atoms with Crippen LogP contribution in [0.4, 0.5) is 11.4 Å². The predicted molar refractivity (Wildman–Crippen MR) is 67.0 cm³/mol. The molecule has 2 rings (SSSR count). The minimum Gasteiger partial charge on any atom is -0.456 e. The summed E-state index contributed by atoms with van der Waals surface area (Å²) >= 11 is 0. The molecule has 0 saturated heterocycles. The van der Waals surface area contributed by atoms with Gasteiger partial charge >= 0.3 is 0 Å². The van der Waals surface area contributed by atoms with Crippen LogP contribution in [0.15, 0.2) is 40.8 Å². The van der Waals surface area contributed by atoms with Gasteiger partial charge in [0, 0.05) is 7.05 Å². The van der Waals surface area contributed by atoms with Crippen molar-refractivity contribution in [2.45, 2.75) is 6.92 Å². The van der Waals surface area contributed by atoms with E-state index in [1.54, 1.807) is 38.2 Å². The summed E-state index contributed by atoms with van der Waals surface area (Å²) in [6.07, 6.45) is 0. The summed E-state index contributed by atoms with van der Waals surface area (Å²) in [5, 5.41) is 0. The van der Waals surface area contributed by atoms with Crippen molar-refractivity contribution in [2.24, 2.45) is 0 Å². The summed E-state index contributed by atoms with van der Waals surface area (Å²) in [6, 6.07) is 10.6. The first-order valence-corrected chi connectivity index (χ1v) is 5.28. The normalized spacial score (nSPS) is 10.2. The minimum atomic E-state index is -0.212. The molecular weight excluding hydrogens is 216 g/mol. The Morgan fingerprint density at radius 2 is 1.94 bits per heavy atom. The van der Waals surface area contributed by atoms with Gasteiger partial charge in [0.15, 0.2) is 5.76 Å². The number of amides is 1. The van der Waals surface area contributed by atoms with Crippen LogP contribution in [0.3, 0.4) is 0 Å². The lowest BCUT2D eigenvalue weighted by atomic mass is 10.2. The van der Waals surface area contributed by atoms with Crippen molar-refractivity contribution in [3.05, 3.63) is 47.9 Å². The molecule has 4 nitrogen and oxygen atoms in total. The standard InChI is InChI=1S/C13H14N2O2/c1-9-7-8-12(17-9)13(16)15(2)11-6-4-3-5-10(11)14/h3-8H,14H2,1-2H3. The molecular formula is C13H14N2O2. The van der Waals surface area contributed by atoms with Gasteiger partial charge in [0.1, 0.15) is 5.76 Å². The van der Waals surface area contributed by atoms with Crippen LogP contribution in [0.1, 0.15) is 16.3 Å². The second kappa shape index (κ2) is 4.33. The molecule has 1 aromatic heterocycles. The number of benzene rings is 1. The highest BCUT2D eigenvalue weighted by Gasteiger charge is 2.17. The number of nitrogens with zero attached hydrogens (tertiary/aromatic N) is 1. The molecule has 2 N–H and O–H groups in total. The highest BCUT2D eigenvalue weighted by molar-refractivity contribution is 6.05. The first-order chi connectivity index (χ1) is 8.09. The zero-order chi connectivity index (χ0) is 12.4. The van der Waals surface area contributed by atoms with Crippen LogP contribution in [0, 0.1) is 6.92 Å². The lowest BCUT2D eigenvalue weighted by molar-refractivity contribution is 0.0965. The zero-order valence-electron chi connectivity index (χ0n) is 9.81. The molecule has 88 valence electrons. The second-order valence-corrected chi connectivity index (χ2v) is 3.83. The average Bonchev–Trinajstić information content (AvgIpc) is 2.75. The van der Waals surface area contributed by atoms with Crippen LogP contribution in [-0.2, 0) is 0 Å². The largest absolute Gasteiger partial charge is 0.456 e. The summed E-state index contributed by atoms with van der Waals surface area (Å²) in [5.74, 6) is 0.812. The maximum Gasteiger partial charge on any atom is 0.293 e. The van der Waals surface area contributed by atoms with Crippen molar-refractivity contribution in [3.63, 3.8) is 0 Å². The molecule has 0 aliphatic carbocycles. The number of anilines is 2. The van der Waals surface area contributed by atoms with E-state index < -0.39 is 0 Å². The maximum atomic E-state index is 12.1. The van der Waals surface area contributed by atoms with E-state index in [2.05, 4.69) is 0 Å². The molecule has 0 fully saturated rings. The van der Waals surface area contributed by atoms with E-state index in [-0.39, 0.29) is 5.91 Å². The smallest absolute Gasteiger partial charge is 0.293 e. The Hall–Kier alpha value is -2.23. The zero-order valence-corrected chi connectivity index (χ0v) is 9.81. The van der Waals surface area contributed by atoms with Gasteiger partial charge in [-0.25, -0.2) is 0 Å². The van der Waals surface area contributed by atoms with Crippen molar-refractivity contribution < 1.29 is 9.21 Å². The molecule has 17 heavy (non-hydrogen) atoms. The number of furan rings is 1. The van der Waals surface area contributed by atoms with Crippen LogP contribution in [0.25, 0.3) is 0 Å². The Morgan fingerprint density at radius 1 is 1.24 bits per heavy atom. The SMILES string of the molecule is Cc1ccc(C(=O)N(C)c2ccccc2N)o1. The van der Waals surface area contributed by atoms with Gasteiger partial charge in [-0.1, -0.05) is 12.1 Å². The first-order valence-electron chi connectivity index (χ1n) is 5.28.